The van der Waals surface area contributed by atoms with Gasteiger partial charge in [0.2, 0.25) is 0 Å². The van der Waals surface area contributed by atoms with Crippen molar-refractivity contribution >= 4 is 23.2 Å². The summed E-state index contributed by atoms with van der Waals surface area (Å²) in [5, 5.41) is 3.41. The van der Waals surface area contributed by atoms with Crippen molar-refractivity contribution in [3.05, 3.63) is 0 Å². The average Bonchev–Trinajstić information content (AvgIpc) is 1.85. The van der Waals surface area contributed by atoms with Crippen LogP contribution in [0.15, 0.2) is 0 Å². The van der Waals surface area contributed by atoms with Crippen molar-refractivity contribution in [1.82, 2.24) is 5.32 Å². The van der Waals surface area contributed by atoms with Crippen molar-refractivity contribution in [1.29, 1.82) is 0 Å². The van der Waals surface area contributed by atoms with Gasteiger partial charge in [-0.3, -0.25) is 0 Å². The molecule has 0 spiro atoms. The summed E-state index contributed by atoms with van der Waals surface area (Å²) >= 11 is 11.4. The first-order valence-corrected chi connectivity index (χ1v) is 4.40. The molecule has 1 unspecified atom stereocenters. The molecule has 0 radical (unpaired) electrons. The Labute approximate surface area is 73.1 Å². The van der Waals surface area contributed by atoms with Gasteiger partial charge in [-0.25, -0.2) is 0 Å². The van der Waals surface area contributed by atoms with Crippen LogP contribution in [0.3, 0.4) is 0 Å². The number of alkyl halides is 2. The summed E-state index contributed by atoms with van der Waals surface area (Å²) in [6.45, 7) is 6.87. The number of rotatable bonds is 4. The van der Waals surface area contributed by atoms with E-state index in [0.29, 0.717) is 5.88 Å². The van der Waals surface area contributed by atoms with Gasteiger partial charge < -0.3 is 5.32 Å². The lowest BCUT2D eigenvalue weighted by molar-refractivity contribution is 0.433. The van der Waals surface area contributed by atoms with Crippen LogP contribution in [0.4, 0.5) is 0 Å². The van der Waals surface area contributed by atoms with E-state index in [9.17, 15) is 0 Å². The van der Waals surface area contributed by atoms with E-state index in [1.54, 1.807) is 0 Å². The highest BCUT2D eigenvalue weighted by Gasteiger charge is 2.15. The summed E-state index contributed by atoms with van der Waals surface area (Å²) in [5.41, 5.74) is 0.00467. The van der Waals surface area contributed by atoms with Crippen LogP contribution < -0.4 is 5.32 Å². The lowest BCUT2D eigenvalue weighted by Gasteiger charge is -2.23. The first kappa shape index (κ1) is 10.5. The quantitative estimate of drug-likeness (QED) is 0.660. The SMILES string of the molecule is CC(Cl)CNC(C)(C)CCl. The zero-order valence-electron chi connectivity index (χ0n) is 6.75. The fourth-order valence-corrected chi connectivity index (χ4v) is 0.636. The Bertz CT molecular complexity index is 91.6. The molecule has 3 heteroatoms. The maximum atomic E-state index is 5.74. The van der Waals surface area contributed by atoms with Crippen LogP contribution in [0.2, 0.25) is 0 Å². The van der Waals surface area contributed by atoms with Gasteiger partial charge in [0, 0.05) is 23.3 Å². The molecule has 10 heavy (non-hydrogen) atoms. The molecule has 0 aliphatic carbocycles. The van der Waals surface area contributed by atoms with Crippen molar-refractivity contribution in [3.8, 4) is 0 Å². The Morgan fingerprint density at radius 1 is 1.50 bits per heavy atom. The molecule has 0 aromatic rings. The van der Waals surface area contributed by atoms with E-state index >= 15 is 0 Å². The molecule has 0 aliphatic rings. The van der Waals surface area contributed by atoms with Gasteiger partial charge in [-0.2, -0.15) is 0 Å². The molecule has 62 valence electrons. The Morgan fingerprint density at radius 2 is 2.00 bits per heavy atom. The monoisotopic (exact) mass is 183 g/mol. The molecule has 0 rings (SSSR count). The topological polar surface area (TPSA) is 12.0 Å². The minimum absolute atomic E-state index is 0.00467. The van der Waals surface area contributed by atoms with Crippen molar-refractivity contribution < 1.29 is 0 Å². The summed E-state index contributed by atoms with van der Waals surface area (Å²) < 4.78 is 0. The molecule has 1 atom stereocenters. The first-order valence-electron chi connectivity index (χ1n) is 3.43. The van der Waals surface area contributed by atoms with Crippen LogP contribution in [0.1, 0.15) is 20.8 Å². The number of nitrogens with one attached hydrogen (secondary N) is 1. The van der Waals surface area contributed by atoms with E-state index in [0.717, 1.165) is 6.54 Å². The Kier molecular flexibility index (Phi) is 4.66. The van der Waals surface area contributed by atoms with Crippen molar-refractivity contribution in [2.24, 2.45) is 0 Å². The second-order valence-electron chi connectivity index (χ2n) is 3.18. The number of hydrogen-bond acceptors (Lipinski definition) is 1. The summed E-state index contributed by atoms with van der Waals surface area (Å²) in [5.74, 6) is 0.608. The standard InChI is InChI=1S/C7H15Cl2N/c1-6(9)4-10-7(2,3)5-8/h6,10H,4-5H2,1-3H3. The van der Waals surface area contributed by atoms with Gasteiger partial charge in [0.15, 0.2) is 0 Å². The van der Waals surface area contributed by atoms with Crippen molar-refractivity contribution in [2.45, 2.75) is 31.7 Å². The molecule has 0 aliphatic heterocycles. The molecule has 0 aromatic heterocycles. The minimum atomic E-state index is 0.00467. The van der Waals surface area contributed by atoms with Crippen LogP contribution in [0, 0.1) is 0 Å². The zero-order valence-corrected chi connectivity index (χ0v) is 8.26. The predicted molar refractivity (Wildman–Crippen MR) is 48.1 cm³/mol. The molecule has 1 nitrogen and oxygen atoms in total. The third-order valence-corrected chi connectivity index (χ3v) is 2.02. The highest BCUT2D eigenvalue weighted by atomic mass is 35.5. The maximum Gasteiger partial charge on any atom is 0.0432 e. The molecule has 0 saturated heterocycles. The zero-order chi connectivity index (χ0) is 8.20. The van der Waals surface area contributed by atoms with Crippen molar-refractivity contribution in [2.75, 3.05) is 12.4 Å². The Morgan fingerprint density at radius 3 is 2.30 bits per heavy atom. The second kappa shape index (κ2) is 4.42. The van der Waals surface area contributed by atoms with E-state index < -0.39 is 0 Å². The van der Waals surface area contributed by atoms with Gasteiger partial charge in [0.25, 0.3) is 0 Å². The minimum Gasteiger partial charge on any atom is -0.309 e. The maximum absolute atomic E-state index is 5.74. The normalized spacial score (nSPS) is 15.3. The fourth-order valence-electron chi connectivity index (χ4n) is 0.464. The smallest absolute Gasteiger partial charge is 0.0432 e. The van der Waals surface area contributed by atoms with E-state index in [1.165, 1.54) is 0 Å². The van der Waals surface area contributed by atoms with Crippen LogP contribution in [-0.4, -0.2) is 23.3 Å². The predicted octanol–water partition coefficient (Wildman–Crippen LogP) is 2.22. The van der Waals surface area contributed by atoms with E-state index in [-0.39, 0.29) is 10.9 Å². The van der Waals surface area contributed by atoms with E-state index in [2.05, 4.69) is 19.2 Å². The Hall–Kier alpha value is 0.540. The lowest BCUT2D eigenvalue weighted by Crippen LogP contribution is -2.43. The molecular weight excluding hydrogens is 169 g/mol. The van der Waals surface area contributed by atoms with Crippen LogP contribution in [0.5, 0.6) is 0 Å². The third-order valence-electron chi connectivity index (χ3n) is 1.20. The van der Waals surface area contributed by atoms with E-state index in [1.807, 2.05) is 6.92 Å². The number of hydrogen-bond donors (Lipinski definition) is 1. The fraction of sp³-hybridized carbons (Fsp3) is 1.00. The molecular formula is C7H15Cl2N. The summed E-state index contributed by atoms with van der Waals surface area (Å²) in [7, 11) is 0. The second-order valence-corrected chi connectivity index (χ2v) is 4.19. The third kappa shape index (κ3) is 5.33. The van der Waals surface area contributed by atoms with Crippen LogP contribution in [0.25, 0.3) is 0 Å². The summed E-state index contributed by atoms with van der Waals surface area (Å²) in [4.78, 5) is 0. The lowest BCUT2D eigenvalue weighted by atomic mass is 10.1. The highest BCUT2D eigenvalue weighted by Crippen LogP contribution is 2.04. The molecule has 0 fully saturated rings. The van der Waals surface area contributed by atoms with Gasteiger partial charge in [0.1, 0.15) is 0 Å². The highest BCUT2D eigenvalue weighted by molar-refractivity contribution is 6.20. The average molecular weight is 184 g/mol. The van der Waals surface area contributed by atoms with Gasteiger partial charge in [-0.1, -0.05) is 0 Å². The number of halogens is 2. The first-order chi connectivity index (χ1) is 4.48. The van der Waals surface area contributed by atoms with Gasteiger partial charge in [-0.05, 0) is 20.8 Å². The largest absolute Gasteiger partial charge is 0.309 e. The summed E-state index contributed by atoms with van der Waals surface area (Å²) in [6, 6.07) is 0. The molecule has 0 saturated carbocycles. The van der Waals surface area contributed by atoms with Crippen LogP contribution in [-0.2, 0) is 0 Å². The van der Waals surface area contributed by atoms with Gasteiger partial charge in [0.05, 0.1) is 0 Å². The molecule has 0 bridgehead atoms. The van der Waals surface area contributed by atoms with Crippen molar-refractivity contribution in [3.63, 3.8) is 0 Å². The van der Waals surface area contributed by atoms with Gasteiger partial charge >= 0.3 is 0 Å². The van der Waals surface area contributed by atoms with Crippen LogP contribution >= 0.6 is 23.2 Å². The molecule has 0 amide bonds. The molecule has 1 N–H and O–H groups in total. The molecule has 0 aromatic carbocycles. The Balaban J connectivity index is 3.46. The summed E-state index contributed by atoms with van der Waals surface area (Å²) in [6.07, 6.45) is 0. The van der Waals surface area contributed by atoms with E-state index in [4.69, 9.17) is 23.2 Å². The molecule has 0 heterocycles. The van der Waals surface area contributed by atoms with Gasteiger partial charge in [-0.15, -0.1) is 23.2 Å².